The standard InChI is InChI=1S/C66H65ClN14O17S2/c67-28-36-31-81(60(87)48-26-35-24-38(15-16-43(35)75-48)73-58(85)47-25-34-6-1-4-9-42(34)74-47)50-27-51(40-7-2-3-8-41(40)54(36)50)98-66(96)97-22-23-99-100-32-49(64(94)95)69-21-5-10-44(61(88)89)76-52(82)19-17-45(62(90)91)77-53(83)20-18-46(63(92)93)78-57(84)33-11-13-37(14-12-33)70-29-39-30-71-56-55(72-39)59(86)80-65(68)79-56/h1-4,6-9,11-16,24-27,30,36,44-46,49,69-70,74-75H,5,10,17-23,28-29,31-32H2,(H,73,85)(H,76,82)(H,77,83)(H,78,84)(H,88,89)(H,90,91)(H,92,93)(H,94,95)(H3,68,71,79,80,86)/t36-,44+,45+,46+,49+/m0/s1. The van der Waals surface area contributed by atoms with Crippen LogP contribution in [0.3, 0.4) is 0 Å². The molecule has 1 aliphatic rings. The molecule has 4 aromatic heterocycles. The van der Waals surface area contributed by atoms with Crippen LogP contribution in [0.4, 0.5) is 27.8 Å². The van der Waals surface area contributed by atoms with Crippen LogP contribution in [0, 0.1) is 0 Å². The second-order valence-electron chi connectivity index (χ2n) is 22.9. The number of alkyl halides is 1. The van der Waals surface area contributed by atoms with Crippen molar-refractivity contribution in [1.29, 1.82) is 0 Å². The summed E-state index contributed by atoms with van der Waals surface area (Å²) in [7, 11) is 2.38. The third kappa shape index (κ3) is 18.1. The van der Waals surface area contributed by atoms with Crippen LogP contribution in [0.15, 0.2) is 120 Å². The maximum absolute atomic E-state index is 14.4. The number of nitrogens with zero attached hydrogens (tertiary/aromatic N) is 4. The highest BCUT2D eigenvalue weighted by atomic mass is 35.5. The van der Waals surface area contributed by atoms with Crippen LogP contribution >= 0.6 is 33.2 Å². The highest BCUT2D eigenvalue weighted by Crippen LogP contribution is 2.46. The first-order valence-electron chi connectivity index (χ1n) is 31.0. The summed E-state index contributed by atoms with van der Waals surface area (Å²) in [6.07, 6.45) is -1.73. The van der Waals surface area contributed by atoms with E-state index in [1.165, 1.54) is 52.1 Å². The van der Waals surface area contributed by atoms with Gasteiger partial charge in [-0.05, 0) is 104 Å². The van der Waals surface area contributed by atoms with Crippen molar-refractivity contribution in [2.45, 2.75) is 75.2 Å². The first kappa shape index (κ1) is 71.5. The van der Waals surface area contributed by atoms with Crippen LogP contribution in [0.1, 0.15) is 87.0 Å². The lowest BCUT2D eigenvalue weighted by Crippen LogP contribution is -2.45. The van der Waals surface area contributed by atoms with Crippen molar-refractivity contribution in [3.8, 4) is 5.75 Å². The minimum atomic E-state index is -1.64. The number of aromatic amines is 3. The minimum absolute atomic E-state index is 0.0133. The molecule has 5 heterocycles. The number of carbonyl (C=O) groups excluding carboxylic acids is 6. The minimum Gasteiger partial charge on any atom is -0.480 e. The molecule has 0 radical (unpaired) electrons. The molecule has 520 valence electrons. The zero-order valence-electron chi connectivity index (χ0n) is 52.7. The van der Waals surface area contributed by atoms with Gasteiger partial charge in [0.05, 0.1) is 24.1 Å². The van der Waals surface area contributed by atoms with Gasteiger partial charge in [0, 0.05) is 92.9 Å². The number of nitrogen functional groups attached to an aromatic ring is 1. The van der Waals surface area contributed by atoms with E-state index in [4.69, 9.17) is 26.8 Å². The number of carbonyl (C=O) groups is 10. The third-order valence-corrected chi connectivity index (χ3v) is 18.7. The second kappa shape index (κ2) is 32.8. The fourth-order valence-corrected chi connectivity index (χ4v) is 13.3. The molecule has 0 spiro atoms. The van der Waals surface area contributed by atoms with E-state index in [9.17, 15) is 73.2 Å². The number of aliphatic carboxylic acids is 4. The number of anilines is 4. The Morgan fingerprint density at radius 2 is 1.32 bits per heavy atom. The van der Waals surface area contributed by atoms with Gasteiger partial charge >= 0.3 is 30.0 Å². The Morgan fingerprint density at radius 3 is 2.02 bits per heavy atom. The van der Waals surface area contributed by atoms with E-state index in [-0.39, 0.29) is 108 Å². The van der Waals surface area contributed by atoms with E-state index in [2.05, 4.69) is 61.8 Å². The van der Waals surface area contributed by atoms with Crippen LogP contribution in [0.25, 0.3) is 43.7 Å². The molecule has 15 N–H and O–H groups in total. The average molecular weight is 1430 g/mol. The fraction of sp³-hybridized carbons (Fsp3) is 0.273. The number of hydrogen-bond donors (Lipinski definition) is 14. The fourth-order valence-electron chi connectivity index (χ4n) is 11.0. The van der Waals surface area contributed by atoms with Crippen LogP contribution in [-0.4, -0.2) is 171 Å². The Morgan fingerprint density at radius 1 is 0.680 bits per heavy atom. The number of aromatic nitrogens is 6. The molecule has 31 nitrogen and oxygen atoms in total. The molecule has 100 heavy (non-hydrogen) atoms. The van der Waals surface area contributed by atoms with E-state index >= 15 is 0 Å². The number of benzene rings is 5. The number of nitrogens with one attached hydrogen (secondary N) is 9. The molecule has 0 saturated carbocycles. The highest BCUT2D eigenvalue weighted by Gasteiger charge is 2.36. The summed E-state index contributed by atoms with van der Waals surface area (Å²) in [6.45, 7) is 0.251. The molecule has 5 amide bonds. The second-order valence-corrected chi connectivity index (χ2v) is 25.8. The van der Waals surface area contributed by atoms with Crippen LogP contribution < -0.4 is 52.8 Å². The molecule has 0 fully saturated rings. The SMILES string of the molecule is Nc1nc2ncc(CNc3ccc(C(=O)N[C@H](CCC(=O)N[C@H](CCC(=O)N[C@H](CCCN[C@H](CSSCCOC(=O)Oc4cc5c(c6ccccc46)[C@@H](CCl)CN5C(=O)c4cc5cc(NC(=O)c6cc7ccccc7[nH]6)ccc5[nH]4)C(=O)O)C(=O)O)C(=O)O)C(=O)O)cc3)nc2c(=O)[nH]1. The lowest BCUT2D eigenvalue weighted by molar-refractivity contribution is -0.143. The van der Waals surface area contributed by atoms with Gasteiger partial charge in [0.25, 0.3) is 23.3 Å². The molecule has 0 saturated heterocycles. The van der Waals surface area contributed by atoms with Gasteiger partial charge in [0.1, 0.15) is 47.9 Å². The Labute approximate surface area is 578 Å². The first-order valence-corrected chi connectivity index (χ1v) is 34.1. The summed E-state index contributed by atoms with van der Waals surface area (Å²) in [5.74, 6) is -8.69. The molecular formula is C66H65ClN14O17S2. The number of H-pyrrole nitrogens is 3. The molecule has 34 heteroatoms. The van der Waals surface area contributed by atoms with E-state index < -0.39 is 103 Å². The van der Waals surface area contributed by atoms with Gasteiger partial charge in [-0.2, -0.15) is 4.98 Å². The number of halogens is 1. The summed E-state index contributed by atoms with van der Waals surface area (Å²) < 4.78 is 11.2. The number of amides is 5. The Bertz CT molecular complexity index is 4650. The number of para-hydroxylation sites is 1. The number of ether oxygens (including phenoxy) is 2. The molecule has 0 bridgehead atoms. The number of nitrogens with two attached hydrogens (primary N) is 1. The van der Waals surface area contributed by atoms with Crippen molar-refractivity contribution < 1.29 is 77.8 Å². The predicted octanol–water partition coefficient (Wildman–Crippen LogP) is 6.56. The molecule has 0 unspecified atom stereocenters. The zero-order valence-corrected chi connectivity index (χ0v) is 55.1. The summed E-state index contributed by atoms with van der Waals surface area (Å²) in [5, 5.41) is 57.9. The predicted molar refractivity (Wildman–Crippen MR) is 372 cm³/mol. The van der Waals surface area contributed by atoms with Gasteiger partial charge in [-0.25, -0.2) is 29.1 Å². The smallest absolute Gasteiger partial charge is 0.480 e. The number of carboxylic acid groups (broad SMARTS) is 4. The molecule has 5 aromatic carbocycles. The van der Waals surface area contributed by atoms with E-state index in [1.807, 2.05) is 36.4 Å². The maximum Gasteiger partial charge on any atom is 0.513 e. The Hall–Kier alpha value is -11.3. The lowest BCUT2D eigenvalue weighted by Gasteiger charge is -2.18. The first-order chi connectivity index (χ1) is 48.1. The third-order valence-electron chi connectivity index (χ3n) is 16.0. The average Bonchev–Trinajstić information content (AvgIpc) is 1.56. The van der Waals surface area contributed by atoms with Crippen molar-refractivity contribution in [1.82, 2.24) is 51.2 Å². The van der Waals surface area contributed by atoms with Crippen LogP contribution in [-0.2, 0) is 40.0 Å². The van der Waals surface area contributed by atoms with E-state index in [0.29, 0.717) is 44.7 Å². The summed E-state index contributed by atoms with van der Waals surface area (Å²) in [6, 6.07) is 25.2. The highest BCUT2D eigenvalue weighted by molar-refractivity contribution is 8.76. The molecule has 9 aromatic rings. The van der Waals surface area contributed by atoms with Crippen molar-refractivity contribution in [3.63, 3.8) is 0 Å². The molecule has 0 aliphatic carbocycles. The Balaban J connectivity index is 0.621. The van der Waals surface area contributed by atoms with Gasteiger partial charge in [0.15, 0.2) is 11.2 Å². The van der Waals surface area contributed by atoms with E-state index in [1.54, 1.807) is 53.4 Å². The summed E-state index contributed by atoms with van der Waals surface area (Å²) in [4.78, 5) is 163. The van der Waals surface area contributed by atoms with Crippen LogP contribution in [0.2, 0.25) is 0 Å². The Kier molecular flexibility index (Phi) is 23.5. The quantitative estimate of drug-likeness (QED) is 0.00680. The lowest BCUT2D eigenvalue weighted by atomic mass is 9.95. The van der Waals surface area contributed by atoms with Gasteiger partial charge in [0.2, 0.25) is 17.8 Å². The van der Waals surface area contributed by atoms with Gasteiger partial charge in [-0.1, -0.05) is 64.1 Å². The van der Waals surface area contributed by atoms with Crippen molar-refractivity contribution >= 4 is 160 Å². The topological polar surface area (TPSA) is 475 Å². The van der Waals surface area contributed by atoms with Crippen molar-refractivity contribution in [2.24, 2.45) is 0 Å². The number of fused-ring (bicyclic) bond motifs is 6. The van der Waals surface area contributed by atoms with E-state index in [0.717, 1.165) is 21.9 Å². The summed E-state index contributed by atoms with van der Waals surface area (Å²) >= 11 is 6.54. The largest absolute Gasteiger partial charge is 0.513 e. The number of carboxylic acids is 4. The normalized spacial score (nSPS) is 13.8. The van der Waals surface area contributed by atoms with Gasteiger partial charge in [-0.15, -0.1) is 11.6 Å². The van der Waals surface area contributed by atoms with Crippen molar-refractivity contribution in [3.05, 3.63) is 154 Å². The molecule has 5 atom stereocenters. The number of rotatable bonds is 33. The van der Waals surface area contributed by atoms with Crippen LogP contribution in [0.5, 0.6) is 5.75 Å². The van der Waals surface area contributed by atoms with Gasteiger partial charge in [-0.3, -0.25) is 38.5 Å². The summed E-state index contributed by atoms with van der Waals surface area (Å²) in [5.41, 5.74) is 9.98. The van der Waals surface area contributed by atoms with Crippen molar-refractivity contribution in [2.75, 3.05) is 58.3 Å². The van der Waals surface area contributed by atoms with Gasteiger partial charge < -0.3 is 82.4 Å². The monoisotopic (exact) mass is 1420 g/mol. The zero-order chi connectivity index (χ0) is 71.1. The number of hydrogen-bond acceptors (Lipinski definition) is 21. The maximum atomic E-state index is 14.4. The molecule has 10 rings (SSSR count). The molecule has 1 aliphatic heterocycles. The molecular weight excluding hydrogens is 1360 g/mol.